The predicted molar refractivity (Wildman–Crippen MR) is 66.8 cm³/mol. The van der Waals surface area contributed by atoms with E-state index >= 15 is 0 Å². The third-order valence-electron chi connectivity index (χ3n) is 1.67. The average Bonchev–Trinajstić information content (AvgIpc) is 2.14. The first-order valence-corrected chi connectivity index (χ1v) is 7.03. The van der Waals surface area contributed by atoms with Crippen LogP contribution in [0.4, 0.5) is 0 Å². The summed E-state index contributed by atoms with van der Waals surface area (Å²) < 4.78 is 24.9. The third-order valence-corrected chi connectivity index (χ3v) is 3.14. The van der Waals surface area contributed by atoms with Crippen molar-refractivity contribution in [2.45, 2.75) is 20.8 Å². The molecule has 0 heterocycles. The first kappa shape index (κ1) is 15.2. The molecule has 0 aromatic rings. The molecule has 0 aliphatic heterocycles. The standard InChI is InChI=1S/C9H22N4O2S/c1-4-13-16(14,15)6-5-11-9(10)12-7-8(2)3/h8,13H,4-7H2,1-3H3,(H3,10,11,12). The van der Waals surface area contributed by atoms with Crippen LogP contribution in [0.2, 0.25) is 0 Å². The molecule has 0 saturated heterocycles. The Kier molecular flexibility index (Phi) is 7.07. The zero-order chi connectivity index (χ0) is 12.6. The number of guanidine groups is 1. The molecule has 4 N–H and O–H groups in total. The molecule has 7 heteroatoms. The fraction of sp³-hybridized carbons (Fsp3) is 0.889. The fourth-order valence-electron chi connectivity index (χ4n) is 0.942. The minimum absolute atomic E-state index is 0.00125. The molecule has 0 aromatic heterocycles. The number of sulfonamides is 1. The Labute approximate surface area is 97.8 Å². The number of aliphatic imine (C=N–C) groups is 1. The van der Waals surface area contributed by atoms with Crippen LogP contribution in [0.5, 0.6) is 0 Å². The molecule has 0 radical (unpaired) electrons. The van der Waals surface area contributed by atoms with E-state index < -0.39 is 10.0 Å². The SMILES string of the molecule is CCNS(=O)(=O)CCNC(N)=NCC(C)C. The normalized spacial score (nSPS) is 13.1. The molecule has 16 heavy (non-hydrogen) atoms. The molecular formula is C9H22N4O2S. The third kappa shape index (κ3) is 8.49. The van der Waals surface area contributed by atoms with Gasteiger partial charge in [0.25, 0.3) is 0 Å². The minimum Gasteiger partial charge on any atom is -0.370 e. The number of nitrogens with zero attached hydrogens (tertiary/aromatic N) is 1. The molecule has 0 unspecified atom stereocenters. The number of nitrogens with two attached hydrogens (primary N) is 1. The van der Waals surface area contributed by atoms with Crippen LogP contribution >= 0.6 is 0 Å². The number of hydrogen-bond acceptors (Lipinski definition) is 3. The number of hydrogen-bond donors (Lipinski definition) is 3. The highest BCUT2D eigenvalue weighted by Gasteiger charge is 2.07. The summed E-state index contributed by atoms with van der Waals surface area (Å²) >= 11 is 0. The van der Waals surface area contributed by atoms with Gasteiger partial charge in [0.1, 0.15) is 0 Å². The summed E-state index contributed by atoms with van der Waals surface area (Å²) in [5.41, 5.74) is 5.55. The molecule has 0 spiro atoms. The Bertz CT molecular complexity index is 311. The molecule has 0 aliphatic rings. The van der Waals surface area contributed by atoms with E-state index in [-0.39, 0.29) is 12.3 Å². The average molecular weight is 250 g/mol. The molecule has 0 amide bonds. The van der Waals surface area contributed by atoms with Crippen molar-refractivity contribution >= 4 is 16.0 Å². The van der Waals surface area contributed by atoms with Crippen molar-refractivity contribution in [1.29, 1.82) is 0 Å². The topological polar surface area (TPSA) is 96.6 Å². The molecule has 6 nitrogen and oxygen atoms in total. The Morgan fingerprint density at radius 3 is 2.56 bits per heavy atom. The second-order valence-corrected chi connectivity index (χ2v) is 5.79. The van der Waals surface area contributed by atoms with Gasteiger partial charge in [0.2, 0.25) is 10.0 Å². The number of rotatable bonds is 7. The van der Waals surface area contributed by atoms with E-state index in [4.69, 9.17) is 5.73 Å². The molecule has 0 saturated carbocycles. The Morgan fingerprint density at radius 1 is 1.44 bits per heavy atom. The van der Waals surface area contributed by atoms with Crippen molar-refractivity contribution in [2.24, 2.45) is 16.6 Å². The first-order valence-electron chi connectivity index (χ1n) is 5.38. The lowest BCUT2D eigenvalue weighted by Gasteiger charge is -2.07. The van der Waals surface area contributed by atoms with Gasteiger partial charge in [-0.25, -0.2) is 13.1 Å². The molecular weight excluding hydrogens is 228 g/mol. The van der Waals surface area contributed by atoms with Crippen LogP contribution in [0.25, 0.3) is 0 Å². The molecule has 0 rings (SSSR count). The molecule has 0 bridgehead atoms. The molecule has 0 atom stereocenters. The zero-order valence-corrected chi connectivity index (χ0v) is 11.0. The smallest absolute Gasteiger partial charge is 0.213 e. The van der Waals surface area contributed by atoms with E-state index in [1.165, 1.54) is 0 Å². The summed E-state index contributed by atoms with van der Waals surface area (Å²) in [4.78, 5) is 4.06. The quantitative estimate of drug-likeness (QED) is 0.418. The zero-order valence-electron chi connectivity index (χ0n) is 10.2. The van der Waals surface area contributed by atoms with Gasteiger partial charge in [-0.05, 0) is 5.92 Å². The maximum Gasteiger partial charge on any atom is 0.213 e. The highest BCUT2D eigenvalue weighted by molar-refractivity contribution is 7.89. The lowest BCUT2D eigenvalue weighted by Crippen LogP contribution is -2.38. The van der Waals surface area contributed by atoms with Gasteiger partial charge in [-0.3, -0.25) is 4.99 Å². The monoisotopic (exact) mass is 250 g/mol. The van der Waals surface area contributed by atoms with Crippen LogP contribution in [0.15, 0.2) is 4.99 Å². The Hall–Kier alpha value is -0.820. The summed E-state index contributed by atoms with van der Waals surface area (Å²) in [5, 5.41) is 2.76. The maximum atomic E-state index is 11.2. The van der Waals surface area contributed by atoms with Crippen LogP contribution in [0, 0.1) is 5.92 Å². The van der Waals surface area contributed by atoms with E-state index in [0.717, 1.165) is 0 Å². The highest BCUT2D eigenvalue weighted by atomic mass is 32.2. The van der Waals surface area contributed by atoms with Crippen LogP contribution in [-0.4, -0.2) is 39.8 Å². The van der Waals surface area contributed by atoms with Gasteiger partial charge >= 0.3 is 0 Å². The first-order chi connectivity index (χ1) is 7.37. The highest BCUT2D eigenvalue weighted by Crippen LogP contribution is 1.90. The lowest BCUT2D eigenvalue weighted by atomic mass is 10.2. The summed E-state index contributed by atoms with van der Waals surface area (Å²) in [6, 6.07) is 0. The van der Waals surface area contributed by atoms with Crippen LogP contribution in [0.3, 0.4) is 0 Å². The van der Waals surface area contributed by atoms with Gasteiger partial charge in [0.05, 0.1) is 5.75 Å². The van der Waals surface area contributed by atoms with E-state index in [2.05, 4.69) is 15.0 Å². The van der Waals surface area contributed by atoms with Crippen molar-refractivity contribution in [3.63, 3.8) is 0 Å². The summed E-state index contributed by atoms with van der Waals surface area (Å²) in [6.07, 6.45) is 0. The van der Waals surface area contributed by atoms with E-state index in [9.17, 15) is 8.42 Å². The van der Waals surface area contributed by atoms with Crippen molar-refractivity contribution < 1.29 is 8.42 Å². The Balaban J connectivity index is 3.86. The van der Waals surface area contributed by atoms with Gasteiger partial charge in [-0.1, -0.05) is 20.8 Å². The summed E-state index contributed by atoms with van der Waals surface area (Å²) in [6.45, 7) is 7.11. The van der Waals surface area contributed by atoms with Crippen LogP contribution in [-0.2, 0) is 10.0 Å². The van der Waals surface area contributed by atoms with Gasteiger partial charge < -0.3 is 11.1 Å². The van der Waals surface area contributed by atoms with Crippen molar-refractivity contribution in [2.75, 3.05) is 25.4 Å². The molecule has 0 aromatic carbocycles. The van der Waals surface area contributed by atoms with Crippen molar-refractivity contribution in [3.8, 4) is 0 Å². The second-order valence-electron chi connectivity index (χ2n) is 3.86. The summed E-state index contributed by atoms with van der Waals surface area (Å²) in [7, 11) is -3.18. The second kappa shape index (κ2) is 7.45. The Morgan fingerprint density at radius 2 is 2.06 bits per heavy atom. The number of nitrogens with one attached hydrogen (secondary N) is 2. The molecule has 96 valence electrons. The van der Waals surface area contributed by atoms with Crippen molar-refractivity contribution in [1.82, 2.24) is 10.0 Å². The van der Waals surface area contributed by atoms with Crippen molar-refractivity contribution in [3.05, 3.63) is 0 Å². The van der Waals surface area contributed by atoms with Crippen LogP contribution < -0.4 is 15.8 Å². The molecule has 0 aliphatic carbocycles. The minimum atomic E-state index is -3.18. The van der Waals surface area contributed by atoms with Gasteiger partial charge in [-0.2, -0.15) is 0 Å². The van der Waals surface area contributed by atoms with Gasteiger partial charge in [0, 0.05) is 19.6 Å². The van der Waals surface area contributed by atoms with E-state index in [0.29, 0.717) is 25.0 Å². The van der Waals surface area contributed by atoms with E-state index in [1.54, 1.807) is 6.92 Å². The fourth-order valence-corrected chi connectivity index (χ4v) is 1.90. The predicted octanol–water partition coefficient (Wildman–Crippen LogP) is -0.514. The van der Waals surface area contributed by atoms with E-state index in [1.807, 2.05) is 13.8 Å². The maximum absolute atomic E-state index is 11.2. The lowest BCUT2D eigenvalue weighted by molar-refractivity contribution is 0.582. The summed E-state index contributed by atoms with van der Waals surface area (Å²) in [5.74, 6) is 0.727. The van der Waals surface area contributed by atoms with Gasteiger partial charge in [-0.15, -0.1) is 0 Å². The molecule has 0 fully saturated rings. The van der Waals surface area contributed by atoms with Gasteiger partial charge in [0.15, 0.2) is 5.96 Å². The van der Waals surface area contributed by atoms with Crippen LogP contribution in [0.1, 0.15) is 20.8 Å². The largest absolute Gasteiger partial charge is 0.370 e.